The van der Waals surface area contributed by atoms with E-state index in [0.717, 1.165) is 6.54 Å². The number of hydrogen-bond donors (Lipinski definition) is 2. The molecule has 0 spiro atoms. The van der Waals surface area contributed by atoms with Gasteiger partial charge in [-0.1, -0.05) is 13.8 Å². The van der Waals surface area contributed by atoms with E-state index in [-0.39, 0.29) is 0 Å². The Kier molecular flexibility index (Phi) is 3.41. The molecule has 2 rings (SSSR count). The van der Waals surface area contributed by atoms with E-state index >= 15 is 0 Å². The highest BCUT2D eigenvalue weighted by atomic mass is 15.0. The van der Waals surface area contributed by atoms with Gasteiger partial charge in [-0.25, -0.2) is 4.98 Å². The molecular formula is C12H21N3. The van der Waals surface area contributed by atoms with Crippen molar-refractivity contribution in [3.63, 3.8) is 0 Å². The molecule has 1 fully saturated rings. The molecule has 0 radical (unpaired) electrons. The van der Waals surface area contributed by atoms with E-state index in [4.69, 9.17) is 0 Å². The molecule has 0 saturated carbocycles. The number of nitrogens with one attached hydrogen (secondary N) is 2. The fraction of sp³-hybridized carbons (Fsp3) is 0.750. The lowest BCUT2D eigenvalue weighted by molar-refractivity contribution is 0.595. The van der Waals surface area contributed by atoms with Crippen molar-refractivity contribution in [2.75, 3.05) is 6.54 Å². The van der Waals surface area contributed by atoms with Gasteiger partial charge in [-0.2, -0.15) is 0 Å². The summed E-state index contributed by atoms with van der Waals surface area (Å²) in [6, 6.07) is 0.514. The number of rotatable bonds is 4. The van der Waals surface area contributed by atoms with Crippen LogP contribution in [0.15, 0.2) is 6.20 Å². The lowest BCUT2D eigenvalue weighted by Crippen LogP contribution is -2.13. The Morgan fingerprint density at radius 3 is 2.87 bits per heavy atom. The molecule has 3 nitrogen and oxygen atoms in total. The van der Waals surface area contributed by atoms with E-state index in [1.165, 1.54) is 37.2 Å². The Morgan fingerprint density at radius 1 is 1.47 bits per heavy atom. The zero-order chi connectivity index (χ0) is 10.7. The van der Waals surface area contributed by atoms with E-state index in [0.29, 0.717) is 12.0 Å². The van der Waals surface area contributed by atoms with Crippen molar-refractivity contribution in [1.29, 1.82) is 0 Å². The standard InChI is InChI=1S/C12H21N3/c1-3-9(4-2)12-14-8-11(15-12)10-6-5-7-13-10/h8-10,13H,3-7H2,1-2H3,(H,14,15). The molecule has 15 heavy (non-hydrogen) atoms. The second kappa shape index (κ2) is 4.79. The molecule has 1 unspecified atom stereocenters. The molecule has 0 amide bonds. The number of H-pyrrole nitrogens is 1. The zero-order valence-corrected chi connectivity index (χ0v) is 9.71. The molecular weight excluding hydrogens is 186 g/mol. The van der Waals surface area contributed by atoms with Gasteiger partial charge in [0.15, 0.2) is 0 Å². The highest BCUT2D eigenvalue weighted by Crippen LogP contribution is 2.25. The lowest BCUT2D eigenvalue weighted by Gasteiger charge is -2.09. The van der Waals surface area contributed by atoms with Gasteiger partial charge in [0.05, 0.1) is 5.69 Å². The van der Waals surface area contributed by atoms with E-state index < -0.39 is 0 Å². The summed E-state index contributed by atoms with van der Waals surface area (Å²) in [7, 11) is 0. The molecule has 1 aromatic heterocycles. The third-order valence-corrected chi connectivity index (χ3v) is 3.42. The van der Waals surface area contributed by atoms with Crippen LogP contribution >= 0.6 is 0 Å². The van der Waals surface area contributed by atoms with Crippen LogP contribution in [0.2, 0.25) is 0 Å². The highest BCUT2D eigenvalue weighted by Gasteiger charge is 2.19. The van der Waals surface area contributed by atoms with E-state index in [1.807, 2.05) is 6.20 Å². The topological polar surface area (TPSA) is 40.7 Å². The van der Waals surface area contributed by atoms with Crippen LogP contribution in [0.5, 0.6) is 0 Å². The largest absolute Gasteiger partial charge is 0.344 e. The third-order valence-electron chi connectivity index (χ3n) is 3.42. The van der Waals surface area contributed by atoms with Crippen LogP contribution in [0.1, 0.15) is 63.0 Å². The quantitative estimate of drug-likeness (QED) is 0.797. The number of nitrogens with zero attached hydrogens (tertiary/aromatic N) is 1. The van der Waals surface area contributed by atoms with Crippen LogP contribution in [0.25, 0.3) is 0 Å². The number of aromatic amines is 1. The molecule has 2 heterocycles. The molecule has 1 saturated heterocycles. The van der Waals surface area contributed by atoms with Gasteiger partial charge in [0.2, 0.25) is 0 Å². The Labute approximate surface area is 91.7 Å². The van der Waals surface area contributed by atoms with Crippen molar-refractivity contribution < 1.29 is 0 Å². The van der Waals surface area contributed by atoms with Gasteiger partial charge in [0.25, 0.3) is 0 Å². The first-order valence-electron chi connectivity index (χ1n) is 6.13. The van der Waals surface area contributed by atoms with Crippen molar-refractivity contribution in [3.8, 4) is 0 Å². The minimum atomic E-state index is 0.514. The summed E-state index contributed by atoms with van der Waals surface area (Å²) in [6.07, 6.45) is 6.87. The minimum absolute atomic E-state index is 0.514. The van der Waals surface area contributed by atoms with Gasteiger partial charge in [-0.15, -0.1) is 0 Å². The van der Waals surface area contributed by atoms with E-state index in [9.17, 15) is 0 Å². The van der Waals surface area contributed by atoms with Gasteiger partial charge in [0.1, 0.15) is 5.82 Å². The molecule has 0 aliphatic carbocycles. The normalized spacial score (nSPS) is 21.4. The first-order chi connectivity index (χ1) is 7.35. The summed E-state index contributed by atoms with van der Waals surface area (Å²) in [5.74, 6) is 1.77. The molecule has 1 aliphatic heterocycles. The predicted molar refractivity (Wildman–Crippen MR) is 61.9 cm³/mol. The average Bonchev–Trinajstić information content (AvgIpc) is 2.89. The number of aromatic nitrogens is 2. The highest BCUT2D eigenvalue weighted by molar-refractivity contribution is 5.10. The first kappa shape index (κ1) is 10.7. The molecule has 1 aliphatic rings. The Balaban J connectivity index is 2.08. The van der Waals surface area contributed by atoms with Gasteiger partial charge >= 0.3 is 0 Å². The van der Waals surface area contributed by atoms with Crippen molar-refractivity contribution in [2.24, 2.45) is 0 Å². The second-order valence-electron chi connectivity index (χ2n) is 4.39. The van der Waals surface area contributed by atoms with Crippen LogP contribution in [0.4, 0.5) is 0 Å². The Hall–Kier alpha value is -0.830. The molecule has 0 aromatic carbocycles. The van der Waals surface area contributed by atoms with Crippen LogP contribution in [0.3, 0.4) is 0 Å². The minimum Gasteiger partial charge on any atom is -0.344 e. The van der Waals surface area contributed by atoms with Crippen LogP contribution < -0.4 is 5.32 Å². The molecule has 3 heteroatoms. The first-order valence-corrected chi connectivity index (χ1v) is 6.13. The summed E-state index contributed by atoms with van der Waals surface area (Å²) in [4.78, 5) is 7.99. The molecule has 1 atom stereocenters. The van der Waals surface area contributed by atoms with Crippen LogP contribution in [-0.4, -0.2) is 16.5 Å². The van der Waals surface area contributed by atoms with Crippen LogP contribution in [-0.2, 0) is 0 Å². The summed E-state index contributed by atoms with van der Waals surface area (Å²) in [5.41, 5.74) is 1.27. The monoisotopic (exact) mass is 207 g/mol. The summed E-state index contributed by atoms with van der Waals surface area (Å²) >= 11 is 0. The van der Waals surface area contributed by atoms with Crippen molar-refractivity contribution >= 4 is 0 Å². The van der Waals surface area contributed by atoms with Gasteiger partial charge in [0, 0.05) is 18.2 Å². The maximum Gasteiger partial charge on any atom is 0.109 e. The summed E-state index contributed by atoms with van der Waals surface area (Å²) in [6.45, 7) is 5.60. The van der Waals surface area contributed by atoms with Gasteiger partial charge in [-0.3, -0.25) is 0 Å². The van der Waals surface area contributed by atoms with Crippen molar-refractivity contribution in [2.45, 2.75) is 51.5 Å². The smallest absolute Gasteiger partial charge is 0.109 e. The Morgan fingerprint density at radius 2 is 2.27 bits per heavy atom. The average molecular weight is 207 g/mol. The van der Waals surface area contributed by atoms with Crippen molar-refractivity contribution in [1.82, 2.24) is 15.3 Å². The van der Waals surface area contributed by atoms with Crippen LogP contribution in [0, 0.1) is 0 Å². The molecule has 0 bridgehead atoms. The van der Waals surface area contributed by atoms with Crippen molar-refractivity contribution in [3.05, 3.63) is 17.7 Å². The number of hydrogen-bond acceptors (Lipinski definition) is 2. The maximum atomic E-state index is 4.51. The predicted octanol–water partition coefficient (Wildman–Crippen LogP) is 2.74. The zero-order valence-electron chi connectivity index (χ0n) is 9.71. The number of imidazole rings is 1. The SMILES string of the molecule is CCC(CC)c1ncc(C2CCCN2)[nH]1. The summed E-state index contributed by atoms with van der Waals surface area (Å²) < 4.78 is 0. The summed E-state index contributed by atoms with van der Waals surface area (Å²) in [5, 5.41) is 3.49. The van der Waals surface area contributed by atoms with Gasteiger partial charge in [-0.05, 0) is 32.2 Å². The maximum absolute atomic E-state index is 4.51. The fourth-order valence-corrected chi connectivity index (χ4v) is 2.36. The third kappa shape index (κ3) is 2.23. The second-order valence-corrected chi connectivity index (χ2v) is 4.39. The molecule has 2 N–H and O–H groups in total. The van der Waals surface area contributed by atoms with Gasteiger partial charge < -0.3 is 10.3 Å². The molecule has 84 valence electrons. The van der Waals surface area contributed by atoms with E-state index in [2.05, 4.69) is 29.1 Å². The lowest BCUT2D eigenvalue weighted by atomic mass is 10.0. The Bertz CT molecular complexity index is 279. The molecule has 1 aromatic rings. The van der Waals surface area contributed by atoms with E-state index in [1.54, 1.807) is 0 Å². The fourth-order valence-electron chi connectivity index (χ4n) is 2.36.